The van der Waals surface area contributed by atoms with Crippen LogP contribution in [0.25, 0.3) is 22.0 Å². The number of imidazole rings is 1. The number of benzene rings is 1. The highest BCUT2D eigenvalue weighted by Gasteiger charge is 2.18. The van der Waals surface area contributed by atoms with Crippen molar-refractivity contribution in [2.45, 2.75) is 6.54 Å². The monoisotopic (exact) mass is 516 g/mol. The third kappa shape index (κ3) is 5.37. The maximum atomic E-state index is 5.56. The predicted molar refractivity (Wildman–Crippen MR) is 146 cm³/mol. The number of nitrogens with zero attached hydrogens (tertiary/aromatic N) is 8. The normalized spacial score (nSPS) is 11.3. The van der Waals surface area contributed by atoms with E-state index in [9.17, 15) is 0 Å². The lowest BCUT2D eigenvalue weighted by atomic mass is 10.1. The van der Waals surface area contributed by atoms with Crippen molar-refractivity contribution in [1.82, 2.24) is 33.0 Å². The van der Waals surface area contributed by atoms with E-state index in [2.05, 4.69) is 26.0 Å². The number of hydrogen-bond acceptors (Lipinski definition) is 9. The molecule has 0 spiro atoms. The molecule has 4 heterocycles. The molecular weight excluding hydrogens is 488 g/mol. The summed E-state index contributed by atoms with van der Waals surface area (Å²) in [5.41, 5.74) is 3.67. The molecule has 190 valence electrons. The minimum atomic E-state index is 0.471. The molecule has 4 aromatic heterocycles. The molecule has 0 bridgehead atoms. The number of aromatic nitrogens is 6. The molecule has 0 fully saturated rings. The maximum Gasteiger partial charge on any atom is 0.139 e. The Labute approximate surface area is 219 Å². The summed E-state index contributed by atoms with van der Waals surface area (Å²) >= 11 is 1.56. The van der Waals surface area contributed by atoms with Crippen LogP contribution in [0.5, 0.6) is 11.5 Å². The van der Waals surface area contributed by atoms with E-state index in [1.165, 1.54) is 0 Å². The van der Waals surface area contributed by atoms with Crippen molar-refractivity contribution in [3.8, 4) is 22.6 Å². The van der Waals surface area contributed by atoms with Crippen molar-refractivity contribution < 1.29 is 9.47 Å². The molecule has 10 nitrogen and oxygen atoms in total. The van der Waals surface area contributed by atoms with Gasteiger partial charge in [-0.3, -0.25) is 13.6 Å². The van der Waals surface area contributed by atoms with Crippen LogP contribution < -0.4 is 14.4 Å². The smallest absolute Gasteiger partial charge is 0.139 e. The molecular formula is C26H28N8O2S. The third-order valence-electron chi connectivity index (χ3n) is 5.75. The Balaban J connectivity index is 1.61. The van der Waals surface area contributed by atoms with Crippen LogP contribution in [0.15, 0.2) is 67.5 Å². The second-order valence-corrected chi connectivity index (χ2v) is 9.87. The Morgan fingerprint density at radius 1 is 0.892 bits per heavy atom. The molecule has 1 aromatic carbocycles. The van der Waals surface area contributed by atoms with E-state index < -0.39 is 0 Å². The Hall–Kier alpha value is -4.09. The van der Waals surface area contributed by atoms with Crippen LogP contribution in [0.1, 0.15) is 5.82 Å². The number of pyridine rings is 2. The van der Waals surface area contributed by atoms with E-state index in [-0.39, 0.29) is 0 Å². The lowest BCUT2D eigenvalue weighted by Gasteiger charge is -2.25. The van der Waals surface area contributed by atoms with Gasteiger partial charge < -0.3 is 14.4 Å². The van der Waals surface area contributed by atoms with Gasteiger partial charge in [0.25, 0.3) is 0 Å². The van der Waals surface area contributed by atoms with Gasteiger partial charge in [-0.2, -0.15) is 5.10 Å². The average Bonchev–Trinajstić information content (AvgIpc) is 3.54. The van der Waals surface area contributed by atoms with E-state index in [0.717, 1.165) is 39.4 Å². The molecule has 37 heavy (non-hydrogen) atoms. The first-order valence-electron chi connectivity index (χ1n) is 11.6. The van der Waals surface area contributed by atoms with E-state index in [0.29, 0.717) is 18.0 Å². The van der Waals surface area contributed by atoms with Gasteiger partial charge in [0.15, 0.2) is 0 Å². The molecule has 0 saturated carbocycles. The number of aryl methyl sites for hydroxylation is 1. The van der Waals surface area contributed by atoms with Crippen LogP contribution in [-0.4, -0.2) is 61.3 Å². The van der Waals surface area contributed by atoms with Crippen molar-refractivity contribution in [2.75, 3.05) is 33.2 Å². The number of hydrogen-bond donors (Lipinski definition) is 0. The zero-order valence-electron chi connectivity index (χ0n) is 21.4. The summed E-state index contributed by atoms with van der Waals surface area (Å²) in [6.07, 6.45) is 11.2. The first-order valence-corrected chi connectivity index (χ1v) is 12.3. The molecule has 0 saturated heterocycles. The Morgan fingerprint density at radius 2 is 1.68 bits per heavy atom. The summed E-state index contributed by atoms with van der Waals surface area (Å²) in [6, 6.07) is 9.93. The molecule has 0 unspecified atom stereocenters. The first kappa shape index (κ1) is 24.6. The molecule has 0 aliphatic carbocycles. The topological polar surface area (TPSA) is 86.4 Å². The lowest BCUT2D eigenvalue weighted by molar-refractivity contribution is 0.394. The van der Waals surface area contributed by atoms with E-state index >= 15 is 0 Å². The van der Waals surface area contributed by atoms with Gasteiger partial charge in [0.05, 0.1) is 44.4 Å². The van der Waals surface area contributed by atoms with Gasteiger partial charge in [0.2, 0.25) is 0 Å². The number of rotatable bonds is 9. The van der Waals surface area contributed by atoms with Crippen molar-refractivity contribution in [3.63, 3.8) is 0 Å². The van der Waals surface area contributed by atoms with Crippen molar-refractivity contribution in [3.05, 3.63) is 73.3 Å². The largest absolute Gasteiger partial charge is 0.497 e. The molecule has 0 atom stereocenters. The molecule has 0 amide bonds. The minimum absolute atomic E-state index is 0.471. The Morgan fingerprint density at radius 3 is 2.35 bits per heavy atom. The Kier molecular flexibility index (Phi) is 6.97. The highest BCUT2D eigenvalue weighted by molar-refractivity contribution is 7.95. The summed E-state index contributed by atoms with van der Waals surface area (Å²) in [7, 11) is 9.18. The van der Waals surface area contributed by atoms with Gasteiger partial charge in [-0.25, -0.2) is 14.3 Å². The standard InChI is InChI=1S/C26H28N8O2S/c1-31(2)37-34-7-6-27-26(34)17-33(21-10-22(35-4)12-23(11-21)36-5)25-9-18-8-19(13-28-24(18)15-29-25)20-14-30-32(3)16-20/h6-16H,17H2,1-5H3. The quantitative estimate of drug-likeness (QED) is 0.262. The number of ether oxygens (including phenoxy) is 2. The summed E-state index contributed by atoms with van der Waals surface area (Å²) in [5.74, 6) is 2.99. The van der Waals surface area contributed by atoms with Crippen LogP contribution in [0, 0.1) is 0 Å². The molecule has 5 aromatic rings. The number of anilines is 2. The molecule has 5 rings (SSSR count). The summed E-state index contributed by atoms with van der Waals surface area (Å²) < 4.78 is 16.9. The zero-order chi connectivity index (χ0) is 25.9. The highest BCUT2D eigenvalue weighted by Crippen LogP contribution is 2.35. The van der Waals surface area contributed by atoms with Crippen LogP contribution in [0.4, 0.5) is 11.5 Å². The maximum absolute atomic E-state index is 5.56. The van der Waals surface area contributed by atoms with Gasteiger partial charge >= 0.3 is 0 Å². The number of methoxy groups -OCH3 is 2. The molecule has 0 aliphatic heterocycles. The van der Waals surface area contributed by atoms with Gasteiger partial charge in [0.1, 0.15) is 23.1 Å². The fraction of sp³-hybridized carbons (Fsp3) is 0.231. The van der Waals surface area contributed by atoms with E-state index in [1.54, 1.807) is 43.4 Å². The molecule has 0 aliphatic rings. The van der Waals surface area contributed by atoms with Gasteiger partial charge in [-0.1, -0.05) is 0 Å². The fourth-order valence-electron chi connectivity index (χ4n) is 3.97. The van der Waals surface area contributed by atoms with Gasteiger partial charge in [-0.15, -0.1) is 0 Å². The van der Waals surface area contributed by atoms with Gasteiger partial charge in [0, 0.05) is 78.7 Å². The second kappa shape index (κ2) is 10.5. The number of fused-ring (bicyclic) bond motifs is 1. The summed E-state index contributed by atoms with van der Waals surface area (Å²) in [5, 5.41) is 5.26. The van der Waals surface area contributed by atoms with E-state index in [4.69, 9.17) is 14.5 Å². The second-order valence-electron chi connectivity index (χ2n) is 8.58. The Bertz CT molecular complexity index is 1510. The van der Waals surface area contributed by atoms with Crippen LogP contribution in [0.2, 0.25) is 0 Å². The van der Waals surface area contributed by atoms with Crippen LogP contribution in [-0.2, 0) is 13.6 Å². The van der Waals surface area contributed by atoms with Gasteiger partial charge in [-0.05, 0) is 26.2 Å². The van der Waals surface area contributed by atoms with Crippen molar-refractivity contribution in [2.24, 2.45) is 7.05 Å². The zero-order valence-corrected chi connectivity index (χ0v) is 22.2. The summed E-state index contributed by atoms with van der Waals surface area (Å²) in [6.45, 7) is 0.471. The average molecular weight is 517 g/mol. The highest BCUT2D eigenvalue weighted by atomic mass is 32.2. The first-order chi connectivity index (χ1) is 17.9. The van der Waals surface area contributed by atoms with Crippen LogP contribution >= 0.6 is 12.1 Å². The van der Waals surface area contributed by atoms with Crippen molar-refractivity contribution in [1.29, 1.82) is 0 Å². The molecule has 0 radical (unpaired) electrons. The van der Waals surface area contributed by atoms with Crippen molar-refractivity contribution >= 4 is 34.5 Å². The third-order valence-corrected chi connectivity index (χ3v) is 6.58. The molecule has 0 N–H and O–H groups in total. The summed E-state index contributed by atoms with van der Waals surface area (Å²) in [4.78, 5) is 16.1. The minimum Gasteiger partial charge on any atom is -0.497 e. The SMILES string of the molecule is COc1cc(OC)cc(N(Cc2nccn2SN(C)C)c2cc3cc(-c4cnn(C)c4)cnc3cn2)c1. The van der Waals surface area contributed by atoms with E-state index in [1.807, 2.05) is 78.5 Å². The predicted octanol–water partition coefficient (Wildman–Crippen LogP) is 4.56. The lowest BCUT2D eigenvalue weighted by Crippen LogP contribution is -2.20. The molecule has 11 heteroatoms. The van der Waals surface area contributed by atoms with Crippen LogP contribution in [0.3, 0.4) is 0 Å². The fourth-order valence-corrected chi connectivity index (χ4v) is 4.63.